The number of methoxy groups -OCH3 is 1. The fourth-order valence-electron chi connectivity index (χ4n) is 2.41. The van der Waals surface area contributed by atoms with E-state index in [4.69, 9.17) is 9.26 Å². The number of pyridine rings is 1. The molecule has 6 nitrogen and oxygen atoms in total. The summed E-state index contributed by atoms with van der Waals surface area (Å²) in [6, 6.07) is 10.6. The second-order valence-electron chi connectivity index (χ2n) is 5.35. The Morgan fingerprint density at radius 1 is 1.20 bits per heavy atom. The number of hydrogen-bond acceptors (Lipinski definition) is 5. The number of benzene rings is 1. The number of ether oxygens (including phenoxy) is 1. The largest absolute Gasteiger partial charge is 0.377 e. The van der Waals surface area contributed by atoms with E-state index in [9.17, 15) is 9.18 Å². The van der Waals surface area contributed by atoms with Crippen LogP contribution in [-0.4, -0.2) is 23.2 Å². The summed E-state index contributed by atoms with van der Waals surface area (Å²) >= 11 is 0. The highest BCUT2D eigenvalue weighted by atomic mass is 19.1. The molecule has 0 bridgehead atoms. The lowest BCUT2D eigenvalue weighted by atomic mass is 9.99. The van der Waals surface area contributed by atoms with Gasteiger partial charge in [-0.25, -0.2) is 4.39 Å². The van der Waals surface area contributed by atoms with Gasteiger partial charge in [0.2, 0.25) is 0 Å². The molecule has 3 rings (SSSR count). The molecule has 0 saturated heterocycles. The maximum absolute atomic E-state index is 13.2. The molecule has 3 aromatic rings. The number of amides is 1. The van der Waals surface area contributed by atoms with Crippen molar-refractivity contribution >= 4 is 5.91 Å². The SMILES string of the molecule is COCc1cc(C(=O)N[C@@H](c2ccncc2)c2ccc(F)cc2)no1. The van der Waals surface area contributed by atoms with E-state index in [0.29, 0.717) is 5.76 Å². The maximum Gasteiger partial charge on any atom is 0.274 e. The minimum Gasteiger partial charge on any atom is -0.377 e. The molecule has 1 N–H and O–H groups in total. The number of aromatic nitrogens is 2. The molecule has 1 amide bonds. The van der Waals surface area contributed by atoms with Crippen LogP contribution in [0.3, 0.4) is 0 Å². The number of halogens is 1. The zero-order valence-electron chi connectivity index (χ0n) is 13.5. The lowest BCUT2D eigenvalue weighted by Crippen LogP contribution is -2.29. The topological polar surface area (TPSA) is 77.2 Å². The Labute approximate surface area is 143 Å². The van der Waals surface area contributed by atoms with Crippen LogP contribution in [-0.2, 0) is 11.3 Å². The van der Waals surface area contributed by atoms with E-state index in [1.54, 1.807) is 36.7 Å². The summed E-state index contributed by atoms with van der Waals surface area (Å²) in [5.74, 6) is -0.295. The predicted octanol–water partition coefficient (Wildman–Crippen LogP) is 2.87. The summed E-state index contributed by atoms with van der Waals surface area (Å²) in [5, 5.41) is 6.64. The standard InChI is InChI=1S/C18H16FN3O3/c1-24-11-15-10-16(22-25-15)18(23)21-17(13-6-8-20-9-7-13)12-2-4-14(19)5-3-12/h2-10,17H,11H2,1H3,(H,21,23)/t17-/m1/s1. The Bertz CT molecular complexity index is 834. The van der Waals surface area contributed by atoms with E-state index in [2.05, 4.69) is 15.5 Å². The third kappa shape index (κ3) is 4.07. The van der Waals surface area contributed by atoms with Crippen LogP contribution in [0.1, 0.15) is 33.4 Å². The summed E-state index contributed by atoms with van der Waals surface area (Å²) in [6.07, 6.45) is 3.26. The first kappa shape index (κ1) is 16.8. The minimum atomic E-state index is -0.473. The van der Waals surface area contributed by atoms with Crippen molar-refractivity contribution in [3.8, 4) is 0 Å². The van der Waals surface area contributed by atoms with E-state index in [-0.39, 0.29) is 18.1 Å². The van der Waals surface area contributed by atoms with Gasteiger partial charge in [-0.3, -0.25) is 9.78 Å². The fourth-order valence-corrected chi connectivity index (χ4v) is 2.41. The molecule has 0 radical (unpaired) electrons. The van der Waals surface area contributed by atoms with Crippen molar-refractivity contribution in [1.29, 1.82) is 0 Å². The Morgan fingerprint density at radius 2 is 1.88 bits per heavy atom. The fraction of sp³-hybridized carbons (Fsp3) is 0.167. The highest BCUT2D eigenvalue weighted by molar-refractivity contribution is 5.92. The van der Waals surface area contributed by atoms with Gasteiger partial charge in [-0.15, -0.1) is 0 Å². The minimum absolute atomic E-state index is 0.146. The predicted molar refractivity (Wildman–Crippen MR) is 87.2 cm³/mol. The van der Waals surface area contributed by atoms with Crippen molar-refractivity contribution in [3.05, 3.63) is 83.3 Å². The van der Waals surface area contributed by atoms with Crippen molar-refractivity contribution in [3.63, 3.8) is 0 Å². The van der Waals surface area contributed by atoms with Crippen LogP contribution in [0.15, 0.2) is 59.4 Å². The van der Waals surface area contributed by atoms with Crippen LogP contribution in [0.2, 0.25) is 0 Å². The normalized spacial score (nSPS) is 11.9. The molecule has 2 aromatic heterocycles. The zero-order chi connectivity index (χ0) is 17.6. The molecule has 25 heavy (non-hydrogen) atoms. The molecule has 0 aliphatic carbocycles. The quantitative estimate of drug-likeness (QED) is 0.746. The van der Waals surface area contributed by atoms with Gasteiger partial charge in [0, 0.05) is 25.6 Å². The van der Waals surface area contributed by atoms with Crippen LogP contribution in [0, 0.1) is 5.82 Å². The van der Waals surface area contributed by atoms with E-state index < -0.39 is 11.9 Å². The van der Waals surface area contributed by atoms with Gasteiger partial charge in [-0.2, -0.15) is 0 Å². The molecular weight excluding hydrogens is 325 g/mol. The van der Waals surface area contributed by atoms with Crippen molar-refractivity contribution in [2.75, 3.05) is 7.11 Å². The molecular formula is C18H16FN3O3. The number of carbonyl (C=O) groups is 1. The number of nitrogens with zero attached hydrogens (tertiary/aromatic N) is 2. The average Bonchev–Trinajstić information content (AvgIpc) is 3.10. The molecule has 0 aliphatic rings. The molecule has 0 saturated carbocycles. The van der Waals surface area contributed by atoms with E-state index >= 15 is 0 Å². The lowest BCUT2D eigenvalue weighted by Gasteiger charge is -2.19. The van der Waals surface area contributed by atoms with Gasteiger partial charge in [-0.05, 0) is 35.4 Å². The van der Waals surface area contributed by atoms with E-state index in [0.717, 1.165) is 11.1 Å². The molecule has 1 atom stereocenters. The Balaban J connectivity index is 1.86. The molecule has 0 aliphatic heterocycles. The van der Waals surface area contributed by atoms with Crippen molar-refractivity contribution in [2.45, 2.75) is 12.6 Å². The molecule has 1 aromatic carbocycles. The smallest absolute Gasteiger partial charge is 0.274 e. The highest BCUT2D eigenvalue weighted by Gasteiger charge is 2.20. The highest BCUT2D eigenvalue weighted by Crippen LogP contribution is 2.22. The van der Waals surface area contributed by atoms with Crippen LogP contribution in [0.4, 0.5) is 4.39 Å². The van der Waals surface area contributed by atoms with E-state index in [1.807, 2.05) is 0 Å². The van der Waals surface area contributed by atoms with Crippen LogP contribution in [0.25, 0.3) is 0 Å². The Morgan fingerprint density at radius 3 is 2.56 bits per heavy atom. The Kier molecular flexibility index (Phi) is 5.15. The zero-order valence-corrected chi connectivity index (χ0v) is 13.5. The van der Waals surface area contributed by atoms with Crippen LogP contribution in [0.5, 0.6) is 0 Å². The lowest BCUT2D eigenvalue weighted by molar-refractivity contribution is 0.0933. The summed E-state index contributed by atoms with van der Waals surface area (Å²) < 4.78 is 23.2. The molecule has 7 heteroatoms. The van der Waals surface area contributed by atoms with Gasteiger partial charge in [0.05, 0.1) is 6.04 Å². The first-order valence-corrected chi connectivity index (χ1v) is 7.58. The van der Waals surface area contributed by atoms with Gasteiger partial charge in [-0.1, -0.05) is 17.3 Å². The van der Waals surface area contributed by atoms with Crippen molar-refractivity contribution < 1.29 is 18.4 Å². The molecule has 0 spiro atoms. The summed E-state index contributed by atoms with van der Waals surface area (Å²) in [5.41, 5.74) is 1.70. The van der Waals surface area contributed by atoms with Gasteiger partial charge >= 0.3 is 0 Å². The summed E-state index contributed by atoms with van der Waals surface area (Å²) in [4.78, 5) is 16.5. The summed E-state index contributed by atoms with van der Waals surface area (Å²) in [7, 11) is 1.52. The third-order valence-electron chi connectivity index (χ3n) is 3.60. The third-order valence-corrected chi connectivity index (χ3v) is 3.60. The second-order valence-corrected chi connectivity index (χ2v) is 5.35. The van der Waals surface area contributed by atoms with Crippen LogP contribution >= 0.6 is 0 Å². The number of carbonyl (C=O) groups excluding carboxylic acids is 1. The monoisotopic (exact) mass is 341 g/mol. The van der Waals surface area contributed by atoms with E-state index in [1.165, 1.54) is 25.3 Å². The van der Waals surface area contributed by atoms with Gasteiger partial charge in [0.1, 0.15) is 12.4 Å². The van der Waals surface area contributed by atoms with Gasteiger partial charge < -0.3 is 14.6 Å². The summed E-state index contributed by atoms with van der Waals surface area (Å²) in [6.45, 7) is 0.228. The molecule has 128 valence electrons. The molecule has 0 fully saturated rings. The molecule has 0 unspecified atom stereocenters. The average molecular weight is 341 g/mol. The molecule has 2 heterocycles. The van der Waals surface area contributed by atoms with Gasteiger partial charge in [0.15, 0.2) is 11.5 Å². The first-order valence-electron chi connectivity index (χ1n) is 7.58. The van der Waals surface area contributed by atoms with Gasteiger partial charge in [0.25, 0.3) is 5.91 Å². The second kappa shape index (κ2) is 7.67. The maximum atomic E-state index is 13.2. The van der Waals surface area contributed by atoms with Crippen LogP contribution < -0.4 is 5.32 Å². The first-order chi connectivity index (χ1) is 12.2. The number of rotatable bonds is 6. The number of hydrogen-bond donors (Lipinski definition) is 1. The Hall–Kier alpha value is -3.06. The number of nitrogens with one attached hydrogen (secondary N) is 1. The van der Waals surface area contributed by atoms with Crippen molar-refractivity contribution in [1.82, 2.24) is 15.5 Å². The van der Waals surface area contributed by atoms with Crippen molar-refractivity contribution in [2.24, 2.45) is 0 Å².